The van der Waals surface area contributed by atoms with Gasteiger partial charge in [-0.3, -0.25) is 4.98 Å². The fourth-order valence-corrected chi connectivity index (χ4v) is 5.55. The second-order valence-corrected chi connectivity index (χ2v) is 11.8. The van der Waals surface area contributed by atoms with E-state index in [1.165, 1.54) is 0 Å². The van der Waals surface area contributed by atoms with E-state index in [0.29, 0.717) is 35.9 Å². The lowest BCUT2D eigenvalue weighted by molar-refractivity contribution is 0.109. The molecule has 34 heavy (non-hydrogen) atoms. The Kier molecular flexibility index (Phi) is 6.21. The minimum Gasteiger partial charge on any atom is -0.347 e. The molecule has 1 atom stereocenters. The monoisotopic (exact) mass is 490 g/mol. The smallest absolute Gasteiger partial charge is 0.258 e. The molecule has 10 heteroatoms. The van der Waals surface area contributed by atoms with Crippen LogP contribution < -0.4 is 4.72 Å². The van der Waals surface area contributed by atoms with E-state index in [9.17, 15) is 26.9 Å². The van der Waals surface area contributed by atoms with Gasteiger partial charge in [0.2, 0.25) is 10.0 Å². The number of sulfonamides is 1. The van der Waals surface area contributed by atoms with Crippen molar-refractivity contribution in [2.75, 3.05) is 0 Å². The van der Waals surface area contributed by atoms with E-state index in [1.807, 2.05) is 31.4 Å². The number of rotatable bonds is 7. The topological polar surface area (TPSA) is 87.8 Å². The highest BCUT2D eigenvalue weighted by Gasteiger charge is 2.40. The third-order valence-electron chi connectivity index (χ3n) is 5.65. The highest BCUT2D eigenvalue weighted by molar-refractivity contribution is 7.90. The van der Waals surface area contributed by atoms with Gasteiger partial charge in [0, 0.05) is 34.8 Å². The van der Waals surface area contributed by atoms with E-state index < -0.39 is 33.6 Å². The Morgan fingerprint density at radius 1 is 1.26 bits per heavy atom. The summed E-state index contributed by atoms with van der Waals surface area (Å²) in [6.45, 7) is 6.47. The van der Waals surface area contributed by atoms with Crippen molar-refractivity contribution in [3.8, 4) is 17.3 Å². The van der Waals surface area contributed by atoms with Crippen molar-refractivity contribution in [1.82, 2.24) is 14.3 Å². The summed E-state index contributed by atoms with van der Waals surface area (Å²) in [4.78, 5) is 4.06. The van der Waals surface area contributed by atoms with Crippen LogP contribution in [0.25, 0.3) is 22.2 Å². The second kappa shape index (κ2) is 8.71. The van der Waals surface area contributed by atoms with Crippen molar-refractivity contribution in [2.45, 2.75) is 57.9 Å². The molecule has 0 spiro atoms. The molecule has 2 aromatic heterocycles. The first-order valence-electron chi connectivity index (χ1n) is 10.9. The summed E-state index contributed by atoms with van der Waals surface area (Å²) in [5.41, 5.74) is 1.41. The molecular formula is C24H25F3N4O2S. The Balaban J connectivity index is 1.88. The molecule has 4 rings (SSSR count). The summed E-state index contributed by atoms with van der Waals surface area (Å²) in [7, 11) is -3.86. The van der Waals surface area contributed by atoms with Crippen molar-refractivity contribution in [3.05, 3.63) is 53.6 Å². The highest BCUT2D eigenvalue weighted by Crippen LogP contribution is 2.37. The van der Waals surface area contributed by atoms with Crippen LogP contribution in [0.2, 0.25) is 0 Å². The maximum absolute atomic E-state index is 14.1. The fourth-order valence-electron chi connectivity index (χ4n) is 4.01. The lowest BCUT2D eigenvalue weighted by atomic mass is 9.97. The average Bonchev–Trinajstić information content (AvgIpc) is 3.56. The zero-order valence-electron chi connectivity index (χ0n) is 19.0. The van der Waals surface area contributed by atoms with Gasteiger partial charge in [0.25, 0.3) is 6.43 Å². The quantitative estimate of drug-likeness (QED) is 0.496. The van der Waals surface area contributed by atoms with Gasteiger partial charge in [-0.2, -0.15) is 5.26 Å². The van der Waals surface area contributed by atoms with Gasteiger partial charge < -0.3 is 4.57 Å². The van der Waals surface area contributed by atoms with Crippen molar-refractivity contribution in [3.63, 3.8) is 0 Å². The molecule has 1 fully saturated rings. The second-order valence-electron chi connectivity index (χ2n) is 9.84. The van der Waals surface area contributed by atoms with E-state index >= 15 is 0 Å². The van der Waals surface area contributed by atoms with Crippen LogP contribution in [0.1, 0.15) is 50.8 Å². The van der Waals surface area contributed by atoms with Crippen LogP contribution in [0.5, 0.6) is 0 Å². The van der Waals surface area contributed by atoms with Gasteiger partial charge in [-0.25, -0.2) is 26.3 Å². The number of nitrogens with one attached hydrogen (secondary N) is 1. The highest BCUT2D eigenvalue weighted by atomic mass is 32.2. The Labute approximate surface area is 196 Å². The van der Waals surface area contributed by atoms with Crippen LogP contribution in [0.3, 0.4) is 0 Å². The summed E-state index contributed by atoms with van der Waals surface area (Å²) >= 11 is 0. The van der Waals surface area contributed by atoms with Gasteiger partial charge in [0.1, 0.15) is 17.9 Å². The molecule has 0 aliphatic heterocycles. The first-order valence-corrected chi connectivity index (χ1v) is 12.4. The third kappa shape index (κ3) is 4.95. The minimum absolute atomic E-state index is 0.0520. The molecule has 3 aromatic rings. The molecule has 0 unspecified atom stereocenters. The van der Waals surface area contributed by atoms with Crippen molar-refractivity contribution < 1.29 is 21.6 Å². The third-order valence-corrected chi connectivity index (χ3v) is 7.58. The molecule has 0 radical (unpaired) electrons. The van der Waals surface area contributed by atoms with Crippen LogP contribution in [-0.4, -0.2) is 29.6 Å². The molecule has 180 valence electrons. The van der Waals surface area contributed by atoms with Crippen LogP contribution >= 0.6 is 0 Å². The molecule has 1 aliphatic rings. The number of nitrogens with zero attached hydrogens (tertiary/aromatic N) is 3. The normalized spacial score (nSPS) is 15.6. The lowest BCUT2D eigenvalue weighted by Gasteiger charge is -2.20. The van der Waals surface area contributed by atoms with Gasteiger partial charge in [0.05, 0.1) is 22.7 Å². The molecule has 0 bridgehead atoms. The number of pyridine rings is 1. The molecule has 0 amide bonds. The molecule has 1 aromatic carbocycles. The van der Waals surface area contributed by atoms with Gasteiger partial charge >= 0.3 is 0 Å². The van der Waals surface area contributed by atoms with E-state index in [4.69, 9.17) is 0 Å². The standard InChI is InChI=1S/C24H25F3N4O2S/c1-24(2,3)13-31-12-19(22(23(26)27)30-34(32,33)17-5-6-17)18-7-4-14(9-20(18)31)21-15(10-28)8-16(25)11-29-21/h4,7-9,11-12,17,22-23,30H,5-6,13H2,1-3H3/t22-/m0/s1. The maximum Gasteiger partial charge on any atom is 0.258 e. The predicted molar refractivity (Wildman–Crippen MR) is 123 cm³/mol. The summed E-state index contributed by atoms with van der Waals surface area (Å²) in [5, 5.41) is 9.25. The van der Waals surface area contributed by atoms with Crippen LogP contribution in [0.15, 0.2) is 36.7 Å². The predicted octanol–water partition coefficient (Wildman–Crippen LogP) is 5.15. The molecule has 1 saturated carbocycles. The number of alkyl halides is 2. The van der Waals surface area contributed by atoms with Gasteiger partial charge in [-0.1, -0.05) is 32.9 Å². The van der Waals surface area contributed by atoms with Crippen LogP contribution in [-0.2, 0) is 16.6 Å². The van der Waals surface area contributed by atoms with Crippen molar-refractivity contribution in [2.24, 2.45) is 5.41 Å². The first kappa shape index (κ1) is 24.2. The number of nitriles is 1. The van der Waals surface area contributed by atoms with E-state index in [1.54, 1.807) is 24.4 Å². The molecule has 1 aliphatic carbocycles. The summed E-state index contributed by atoms with van der Waals surface area (Å²) < 4.78 is 70.8. The fraction of sp³-hybridized carbons (Fsp3) is 0.417. The zero-order valence-corrected chi connectivity index (χ0v) is 19.8. The number of hydrogen-bond donors (Lipinski definition) is 1. The Bertz CT molecular complexity index is 1380. The number of benzene rings is 1. The largest absolute Gasteiger partial charge is 0.347 e. The molecule has 2 heterocycles. The molecule has 6 nitrogen and oxygen atoms in total. The number of hydrogen-bond acceptors (Lipinski definition) is 4. The SMILES string of the molecule is CC(C)(C)Cn1cc([C@H](NS(=O)(=O)C2CC2)C(F)F)c2ccc(-c3ncc(F)cc3C#N)cc21. The summed E-state index contributed by atoms with van der Waals surface area (Å²) in [6, 6.07) is 6.27. The van der Waals surface area contributed by atoms with Gasteiger partial charge in [-0.15, -0.1) is 0 Å². The van der Waals surface area contributed by atoms with E-state index in [0.717, 1.165) is 12.3 Å². The lowest BCUT2D eigenvalue weighted by Crippen LogP contribution is -2.35. The zero-order chi connectivity index (χ0) is 24.8. The first-order chi connectivity index (χ1) is 15.9. The number of fused-ring (bicyclic) bond motifs is 1. The Hall–Kier alpha value is -2.90. The number of halogens is 3. The van der Waals surface area contributed by atoms with E-state index in [-0.39, 0.29) is 22.2 Å². The summed E-state index contributed by atoms with van der Waals surface area (Å²) in [5.74, 6) is -0.637. The molecule has 1 N–H and O–H groups in total. The maximum atomic E-state index is 14.1. The Morgan fingerprint density at radius 3 is 2.56 bits per heavy atom. The average molecular weight is 491 g/mol. The van der Waals surface area contributed by atoms with E-state index in [2.05, 4.69) is 9.71 Å². The minimum atomic E-state index is -3.86. The van der Waals surface area contributed by atoms with Crippen LogP contribution in [0, 0.1) is 22.6 Å². The molecular weight excluding hydrogens is 465 g/mol. The Morgan fingerprint density at radius 2 is 1.97 bits per heavy atom. The van der Waals surface area contributed by atoms with Gasteiger partial charge in [0.15, 0.2) is 0 Å². The number of aromatic nitrogens is 2. The van der Waals surface area contributed by atoms with Crippen molar-refractivity contribution >= 4 is 20.9 Å². The van der Waals surface area contributed by atoms with Crippen LogP contribution in [0.4, 0.5) is 13.2 Å². The van der Waals surface area contributed by atoms with Gasteiger partial charge in [-0.05, 0) is 30.4 Å². The molecule has 0 saturated heterocycles. The van der Waals surface area contributed by atoms with Crippen molar-refractivity contribution in [1.29, 1.82) is 5.26 Å². The summed E-state index contributed by atoms with van der Waals surface area (Å²) in [6.07, 6.45) is 0.554.